The van der Waals surface area contributed by atoms with Gasteiger partial charge in [-0.2, -0.15) is 0 Å². The van der Waals surface area contributed by atoms with E-state index in [1.807, 2.05) is 0 Å². The number of nitrogens with one attached hydrogen (secondary N) is 1. The Bertz CT molecular complexity index is 636. The van der Waals surface area contributed by atoms with Crippen LogP contribution in [0.4, 0.5) is 15.8 Å². The number of hydrogen-bond acceptors (Lipinski definition) is 3. The molecule has 0 atom stereocenters. The maximum Gasteiger partial charge on any atom is 0.261 e. The lowest BCUT2D eigenvalue weighted by Gasteiger charge is -2.12. The van der Waals surface area contributed by atoms with Crippen molar-refractivity contribution >= 4 is 17.3 Å². The van der Waals surface area contributed by atoms with E-state index in [9.17, 15) is 9.18 Å². The van der Waals surface area contributed by atoms with Gasteiger partial charge in [0.25, 0.3) is 5.91 Å². The summed E-state index contributed by atoms with van der Waals surface area (Å²) < 4.78 is 18.4. The van der Waals surface area contributed by atoms with E-state index < -0.39 is 11.7 Å². The van der Waals surface area contributed by atoms with Crippen molar-refractivity contribution in [3.8, 4) is 5.75 Å². The van der Waals surface area contributed by atoms with Gasteiger partial charge in [0.05, 0.1) is 7.11 Å². The summed E-state index contributed by atoms with van der Waals surface area (Å²) in [5.41, 5.74) is 7.42. The summed E-state index contributed by atoms with van der Waals surface area (Å²) in [6, 6.07) is 9.24. The number of benzene rings is 2. The number of ether oxygens (including phenoxy) is 1. The highest BCUT2D eigenvalue weighted by Gasteiger charge is 2.16. The van der Waals surface area contributed by atoms with Gasteiger partial charge in [0, 0.05) is 11.4 Å². The third kappa shape index (κ3) is 2.88. The molecule has 2 aromatic carbocycles. The first-order valence-electron chi connectivity index (χ1n) is 6.02. The molecule has 0 aliphatic carbocycles. The quantitative estimate of drug-likeness (QED) is 0.846. The van der Waals surface area contributed by atoms with E-state index >= 15 is 0 Å². The van der Waals surface area contributed by atoms with Gasteiger partial charge in [-0.05, 0) is 42.8 Å². The lowest BCUT2D eigenvalue weighted by Crippen LogP contribution is -2.15. The van der Waals surface area contributed by atoms with Crippen molar-refractivity contribution in [1.82, 2.24) is 0 Å². The first kappa shape index (κ1) is 13.9. The highest BCUT2D eigenvalue weighted by molar-refractivity contribution is 6.09. The molecule has 0 radical (unpaired) electrons. The number of amides is 1. The van der Waals surface area contributed by atoms with Crippen LogP contribution in [0.1, 0.15) is 15.9 Å². The predicted octanol–water partition coefficient (Wildman–Crippen LogP) is 2.98. The molecular weight excluding hydrogens is 259 g/mol. The minimum Gasteiger partial charge on any atom is -0.496 e. The van der Waals surface area contributed by atoms with Crippen molar-refractivity contribution in [2.24, 2.45) is 0 Å². The number of carbonyl (C=O) groups is 1. The van der Waals surface area contributed by atoms with Crippen LogP contribution in [0.15, 0.2) is 36.4 Å². The predicted molar refractivity (Wildman–Crippen MR) is 76.5 cm³/mol. The number of nitrogen functional groups attached to an aromatic ring is 1. The SMILES string of the molecule is COc1cccc(N)c1C(=O)Nc1cc(C)cc(F)c1. The van der Waals surface area contributed by atoms with Crippen LogP contribution >= 0.6 is 0 Å². The Morgan fingerprint density at radius 2 is 2.05 bits per heavy atom. The van der Waals surface area contributed by atoms with Crippen LogP contribution in [0, 0.1) is 12.7 Å². The molecule has 2 aromatic rings. The normalized spacial score (nSPS) is 10.2. The number of carbonyl (C=O) groups excluding carboxylic acids is 1. The molecule has 0 aromatic heterocycles. The Kier molecular flexibility index (Phi) is 3.89. The summed E-state index contributed by atoms with van der Waals surface area (Å²) >= 11 is 0. The molecule has 5 heteroatoms. The molecule has 0 saturated carbocycles. The number of anilines is 2. The average Bonchev–Trinajstić information content (AvgIpc) is 2.36. The van der Waals surface area contributed by atoms with Crippen LogP contribution in [0.25, 0.3) is 0 Å². The molecule has 3 N–H and O–H groups in total. The standard InChI is InChI=1S/C15H15FN2O2/c1-9-6-10(16)8-11(7-9)18-15(19)14-12(17)4-3-5-13(14)20-2/h3-8H,17H2,1-2H3,(H,18,19). The first-order chi connectivity index (χ1) is 9.51. The van der Waals surface area contributed by atoms with E-state index in [1.165, 1.54) is 19.2 Å². The molecule has 0 heterocycles. The van der Waals surface area contributed by atoms with Crippen molar-refractivity contribution in [3.63, 3.8) is 0 Å². The average molecular weight is 274 g/mol. The summed E-state index contributed by atoms with van der Waals surface area (Å²) in [6.45, 7) is 1.75. The molecule has 0 saturated heterocycles. The Labute approximate surface area is 116 Å². The molecule has 0 bridgehead atoms. The Morgan fingerprint density at radius 3 is 2.70 bits per heavy atom. The van der Waals surface area contributed by atoms with Gasteiger partial charge < -0.3 is 15.8 Å². The second-order valence-corrected chi connectivity index (χ2v) is 4.40. The van der Waals surface area contributed by atoms with Gasteiger partial charge in [-0.15, -0.1) is 0 Å². The van der Waals surface area contributed by atoms with Crippen LogP contribution in [-0.2, 0) is 0 Å². The number of hydrogen-bond donors (Lipinski definition) is 2. The van der Waals surface area contributed by atoms with E-state index in [2.05, 4.69) is 5.32 Å². The fourth-order valence-electron chi connectivity index (χ4n) is 1.96. The Balaban J connectivity index is 2.33. The van der Waals surface area contributed by atoms with Crippen molar-refractivity contribution in [2.45, 2.75) is 6.92 Å². The van der Waals surface area contributed by atoms with Crippen LogP contribution in [-0.4, -0.2) is 13.0 Å². The smallest absolute Gasteiger partial charge is 0.261 e. The highest BCUT2D eigenvalue weighted by atomic mass is 19.1. The van der Waals surface area contributed by atoms with E-state index in [0.717, 1.165) is 0 Å². The fraction of sp³-hybridized carbons (Fsp3) is 0.133. The summed E-state index contributed by atoms with van der Waals surface area (Å²) in [6.07, 6.45) is 0. The molecule has 2 rings (SSSR count). The topological polar surface area (TPSA) is 64.3 Å². The molecule has 0 aliphatic rings. The molecule has 0 spiro atoms. The third-order valence-electron chi connectivity index (χ3n) is 2.81. The number of rotatable bonds is 3. The summed E-state index contributed by atoms with van der Waals surface area (Å²) in [5.74, 6) is -0.478. The molecule has 20 heavy (non-hydrogen) atoms. The molecule has 104 valence electrons. The summed E-state index contributed by atoms with van der Waals surface area (Å²) in [4.78, 5) is 12.2. The van der Waals surface area contributed by atoms with Gasteiger partial charge in [-0.25, -0.2) is 4.39 Å². The van der Waals surface area contributed by atoms with Crippen molar-refractivity contribution in [2.75, 3.05) is 18.2 Å². The third-order valence-corrected chi connectivity index (χ3v) is 2.81. The lowest BCUT2D eigenvalue weighted by molar-refractivity contribution is 0.102. The minimum atomic E-state index is -0.440. The fourth-order valence-corrected chi connectivity index (χ4v) is 1.96. The first-order valence-corrected chi connectivity index (χ1v) is 6.02. The Morgan fingerprint density at radius 1 is 1.30 bits per heavy atom. The number of halogens is 1. The van der Waals surface area contributed by atoms with Crippen LogP contribution < -0.4 is 15.8 Å². The number of methoxy groups -OCH3 is 1. The maximum atomic E-state index is 13.3. The monoisotopic (exact) mass is 274 g/mol. The van der Waals surface area contributed by atoms with Gasteiger partial charge in [-0.1, -0.05) is 6.07 Å². The molecular formula is C15H15FN2O2. The van der Waals surface area contributed by atoms with Crippen molar-refractivity contribution in [1.29, 1.82) is 0 Å². The molecule has 0 aliphatic heterocycles. The van der Waals surface area contributed by atoms with E-state index in [4.69, 9.17) is 10.5 Å². The van der Waals surface area contributed by atoms with E-state index in [0.29, 0.717) is 22.7 Å². The lowest BCUT2D eigenvalue weighted by atomic mass is 10.1. The highest BCUT2D eigenvalue weighted by Crippen LogP contribution is 2.25. The maximum absolute atomic E-state index is 13.3. The second-order valence-electron chi connectivity index (χ2n) is 4.40. The minimum absolute atomic E-state index is 0.233. The molecule has 0 unspecified atom stereocenters. The van der Waals surface area contributed by atoms with Crippen molar-refractivity contribution < 1.29 is 13.9 Å². The zero-order valence-electron chi connectivity index (χ0n) is 11.2. The van der Waals surface area contributed by atoms with Crippen LogP contribution in [0.3, 0.4) is 0 Å². The zero-order chi connectivity index (χ0) is 14.7. The van der Waals surface area contributed by atoms with Gasteiger partial charge in [0.2, 0.25) is 0 Å². The number of nitrogens with two attached hydrogens (primary N) is 1. The van der Waals surface area contributed by atoms with E-state index in [1.54, 1.807) is 31.2 Å². The summed E-state index contributed by atoms with van der Waals surface area (Å²) in [7, 11) is 1.46. The molecule has 0 fully saturated rings. The van der Waals surface area contributed by atoms with Crippen molar-refractivity contribution in [3.05, 3.63) is 53.3 Å². The molecule has 4 nitrogen and oxygen atoms in total. The Hall–Kier alpha value is -2.56. The van der Waals surface area contributed by atoms with Crippen LogP contribution in [0.5, 0.6) is 5.75 Å². The van der Waals surface area contributed by atoms with Gasteiger partial charge >= 0.3 is 0 Å². The molecule has 1 amide bonds. The largest absolute Gasteiger partial charge is 0.496 e. The van der Waals surface area contributed by atoms with E-state index in [-0.39, 0.29) is 5.56 Å². The summed E-state index contributed by atoms with van der Waals surface area (Å²) in [5, 5.41) is 2.62. The van der Waals surface area contributed by atoms with Gasteiger partial charge in [-0.3, -0.25) is 4.79 Å². The second kappa shape index (κ2) is 5.61. The van der Waals surface area contributed by atoms with Crippen LogP contribution in [0.2, 0.25) is 0 Å². The number of aryl methyl sites for hydroxylation is 1. The van der Waals surface area contributed by atoms with Gasteiger partial charge in [0.1, 0.15) is 17.1 Å². The van der Waals surface area contributed by atoms with Gasteiger partial charge in [0.15, 0.2) is 0 Å². The zero-order valence-corrected chi connectivity index (χ0v) is 11.2.